The number of nitrogens with zero attached hydrogens (tertiary/aromatic N) is 1. The molecule has 0 saturated carbocycles. The van der Waals surface area contributed by atoms with Crippen molar-refractivity contribution in [2.45, 2.75) is 12.8 Å². The van der Waals surface area contributed by atoms with Gasteiger partial charge < -0.3 is 4.90 Å². The predicted molar refractivity (Wildman–Crippen MR) is 66.7 cm³/mol. The Morgan fingerprint density at radius 3 is 3.20 bits per heavy atom. The maximum absolute atomic E-state index is 12.0. The van der Waals surface area contributed by atoms with Crippen LogP contribution in [0.3, 0.4) is 0 Å². The van der Waals surface area contributed by atoms with Gasteiger partial charge in [0.05, 0.1) is 4.88 Å². The third-order valence-electron chi connectivity index (χ3n) is 2.82. The fourth-order valence-electron chi connectivity index (χ4n) is 1.96. The van der Waals surface area contributed by atoms with Crippen LogP contribution in [0.1, 0.15) is 22.5 Å². The third kappa shape index (κ3) is 2.61. The van der Waals surface area contributed by atoms with E-state index in [2.05, 4.69) is 15.9 Å². The van der Waals surface area contributed by atoms with Crippen molar-refractivity contribution in [1.82, 2.24) is 4.90 Å². The highest BCUT2D eigenvalue weighted by Crippen LogP contribution is 2.23. The number of likely N-dealkylation sites (tertiary alicyclic amines) is 1. The van der Waals surface area contributed by atoms with Crippen molar-refractivity contribution < 1.29 is 4.79 Å². The van der Waals surface area contributed by atoms with Crippen molar-refractivity contribution in [3.05, 3.63) is 22.4 Å². The molecule has 2 nitrogen and oxygen atoms in total. The van der Waals surface area contributed by atoms with Gasteiger partial charge in [0.15, 0.2) is 0 Å². The molecule has 1 unspecified atom stereocenters. The molecule has 1 amide bonds. The molecule has 1 fully saturated rings. The van der Waals surface area contributed by atoms with E-state index in [1.165, 1.54) is 17.8 Å². The zero-order chi connectivity index (χ0) is 10.7. The molecule has 15 heavy (non-hydrogen) atoms. The van der Waals surface area contributed by atoms with E-state index >= 15 is 0 Å². The molecule has 1 aliphatic rings. The van der Waals surface area contributed by atoms with Crippen molar-refractivity contribution in [1.29, 1.82) is 0 Å². The van der Waals surface area contributed by atoms with Crippen LogP contribution in [0, 0.1) is 5.92 Å². The summed E-state index contributed by atoms with van der Waals surface area (Å²) in [5, 5.41) is 3.00. The van der Waals surface area contributed by atoms with Gasteiger partial charge in [0, 0.05) is 18.4 Å². The van der Waals surface area contributed by atoms with Crippen LogP contribution in [0.5, 0.6) is 0 Å². The number of hydrogen-bond acceptors (Lipinski definition) is 2. The topological polar surface area (TPSA) is 20.3 Å². The molecule has 0 spiro atoms. The van der Waals surface area contributed by atoms with Crippen LogP contribution in [-0.2, 0) is 0 Å². The average molecular weight is 288 g/mol. The molecule has 1 aromatic heterocycles. The molecule has 2 rings (SSSR count). The van der Waals surface area contributed by atoms with E-state index < -0.39 is 0 Å². The lowest BCUT2D eigenvalue weighted by Gasteiger charge is -2.15. The molecule has 2 heterocycles. The van der Waals surface area contributed by atoms with E-state index in [1.54, 1.807) is 0 Å². The van der Waals surface area contributed by atoms with Gasteiger partial charge in [0.2, 0.25) is 0 Å². The van der Waals surface area contributed by atoms with Crippen LogP contribution in [0.4, 0.5) is 0 Å². The minimum Gasteiger partial charge on any atom is -0.338 e. The Morgan fingerprint density at radius 2 is 2.53 bits per heavy atom. The molecule has 0 radical (unpaired) electrons. The number of thiophene rings is 1. The first-order valence-corrected chi connectivity index (χ1v) is 7.20. The summed E-state index contributed by atoms with van der Waals surface area (Å²) in [6.07, 6.45) is 2.33. The number of halogens is 1. The lowest BCUT2D eigenvalue weighted by atomic mass is 10.1. The van der Waals surface area contributed by atoms with Gasteiger partial charge in [-0.25, -0.2) is 0 Å². The Labute approximate surface area is 102 Å². The molecule has 0 bridgehead atoms. The lowest BCUT2D eigenvalue weighted by Crippen LogP contribution is -2.28. The maximum Gasteiger partial charge on any atom is 0.263 e. The molecule has 1 aliphatic heterocycles. The molecule has 0 N–H and O–H groups in total. The lowest BCUT2D eigenvalue weighted by molar-refractivity contribution is 0.0792. The van der Waals surface area contributed by atoms with Crippen molar-refractivity contribution in [3.63, 3.8) is 0 Å². The summed E-state index contributed by atoms with van der Waals surface area (Å²) in [5.74, 6) is 0.898. The summed E-state index contributed by atoms with van der Waals surface area (Å²) in [6, 6.07) is 3.84. The summed E-state index contributed by atoms with van der Waals surface area (Å²) in [6.45, 7) is 1.86. The number of carbonyl (C=O) groups is 1. The second-order valence-electron chi connectivity index (χ2n) is 3.86. The van der Waals surface area contributed by atoms with Crippen molar-refractivity contribution in [2.24, 2.45) is 5.92 Å². The van der Waals surface area contributed by atoms with Gasteiger partial charge in [-0.05, 0) is 30.2 Å². The second kappa shape index (κ2) is 5.12. The molecule has 4 heteroatoms. The standard InChI is InChI=1S/C11H14BrNOS/c12-5-3-9-4-6-13(8-9)11(14)10-2-1-7-15-10/h1-2,7,9H,3-6,8H2. The molecule has 0 aromatic carbocycles. The Bertz CT molecular complexity index is 325. The van der Waals surface area contributed by atoms with Crippen LogP contribution in [0.15, 0.2) is 17.5 Å². The van der Waals surface area contributed by atoms with Gasteiger partial charge in [0.25, 0.3) is 5.91 Å². The quantitative estimate of drug-likeness (QED) is 0.783. The van der Waals surface area contributed by atoms with E-state index in [4.69, 9.17) is 0 Å². The van der Waals surface area contributed by atoms with E-state index in [0.29, 0.717) is 5.92 Å². The van der Waals surface area contributed by atoms with Crippen molar-refractivity contribution in [2.75, 3.05) is 18.4 Å². The highest BCUT2D eigenvalue weighted by atomic mass is 79.9. The van der Waals surface area contributed by atoms with Gasteiger partial charge in [-0.2, -0.15) is 0 Å². The largest absolute Gasteiger partial charge is 0.338 e. The highest BCUT2D eigenvalue weighted by Gasteiger charge is 2.26. The summed E-state index contributed by atoms with van der Waals surface area (Å²) in [7, 11) is 0. The Balaban J connectivity index is 1.93. The van der Waals surface area contributed by atoms with Gasteiger partial charge >= 0.3 is 0 Å². The first-order valence-electron chi connectivity index (χ1n) is 5.20. The van der Waals surface area contributed by atoms with Crippen molar-refractivity contribution >= 4 is 33.2 Å². The first kappa shape index (κ1) is 11.1. The summed E-state index contributed by atoms with van der Waals surface area (Å²) < 4.78 is 0. The average Bonchev–Trinajstić information content (AvgIpc) is 2.87. The number of rotatable bonds is 3. The van der Waals surface area contributed by atoms with Crippen LogP contribution in [0.25, 0.3) is 0 Å². The summed E-state index contributed by atoms with van der Waals surface area (Å²) in [4.78, 5) is 14.8. The Hall–Kier alpha value is -0.350. The number of amides is 1. The molecule has 1 saturated heterocycles. The molecular formula is C11H14BrNOS. The monoisotopic (exact) mass is 287 g/mol. The summed E-state index contributed by atoms with van der Waals surface area (Å²) >= 11 is 4.99. The smallest absolute Gasteiger partial charge is 0.263 e. The summed E-state index contributed by atoms with van der Waals surface area (Å²) in [5.41, 5.74) is 0. The zero-order valence-corrected chi connectivity index (χ0v) is 10.9. The van der Waals surface area contributed by atoms with Gasteiger partial charge in [-0.15, -0.1) is 11.3 Å². The van der Waals surface area contributed by atoms with Crippen LogP contribution < -0.4 is 0 Å². The number of alkyl halides is 1. The third-order valence-corrected chi connectivity index (χ3v) is 4.14. The number of hydrogen-bond donors (Lipinski definition) is 0. The van der Waals surface area contributed by atoms with Gasteiger partial charge in [0.1, 0.15) is 0 Å². The molecule has 0 aliphatic carbocycles. The highest BCUT2D eigenvalue weighted by molar-refractivity contribution is 9.09. The second-order valence-corrected chi connectivity index (χ2v) is 5.60. The zero-order valence-electron chi connectivity index (χ0n) is 8.49. The fourth-order valence-corrected chi connectivity index (χ4v) is 3.30. The first-order chi connectivity index (χ1) is 7.31. The molecular weight excluding hydrogens is 274 g/mol. The van der Waals surface area contributed by atoms with Crippen LogP contribution in [0.2, 0.25) is 0 Å². The van der Waals surface area contributed by atoms with Crippen LogP contribution >= 0.6 is 27.3 Å². The van der Waals surface area contributed by atoms with Gasteiger partial charge in [-0.1, -0.05) is 22.0 Å². The Kier molecular flexibility index (Phi) is 3.81. The predicted octanol–water partition coefficient (Wildman–Crippen LogP) is 3.00. The normalized spacial score (nSPS) is 20.9. The van der Waals surface area contributed by atoms with E-state index in [1.807, 2.05) is 22.4 Å². The van der Waals surface area contributed by atoms with Crippen molar-refractivity contribution in [3.8, 4) is 0 Å². The van der Waals surface area contributed by atoms with Gasteiger partial charge in [-0.3, -0.25) is 4.79 Å². The fraction of sp³-hybridized carbons (Fsp3) is 0.545. The minimum absolute atomic E-state index is 0.210. The minimum atomic E-state index is 0.210. The molecule has 1 aromatic rings. The van der Waals surface area contributed by atoms with E-state index in [9.17, 15) is 4.79 Å². The SMILES string of the molecule is O=C(c1cccs1)N1CCC(CCBr)C1. The number of carbonyl (C=O) groups excluding carboxylic acids is 1. The maximum atomic E-state index is 12.0. The van der Waals surface area contributed by atoms with E-state index in [-0.39, 0.29) is 5.91 Å². The Morgan fingerprint density at radius 1 is 1.67 bits per heavy atom. The molecule has 1 atom stereocenters. The van der Waals surface area contributed by atoms with Crippen LogP contribution in [-0.4, -0.2) is 29.2 Å². The van der Waals surface area contributed by atoms with E-state index in [0.717, 1.165) is 29.7 Å². The molecule has 82 valence electrons.